The van der Waals surface area contributed by atoms with Gasteiger partial charge in [-0.3, -0.25) is 14.5 Å². The summed E-state index contributed by atoms with van der Waals surface area (Å²) in [6, 6.07) is 23.3. The van der Waals surface area contributed by atoms with Crippen molar-refractivity contribution in [2.24, 2.45) is 4.99 Å². The molecule has 196 valence electrons. The predicted molar refractivity (Wildman–Crippen MR) is 154 cm³/mol. The molecule has 0 aliphatic carbocycles. The first-order valence-corrected chi connectivity index (χ1v) is 13.6. The average Bonchev–Trinajstić information content (AvgIpc) is 3.17. The Morgan fingerprint density at radius 1 is 0.947 bits per heavy atom. The third-order valence-corrected chi connectivity index (χ3v) is 7.26. The van der Waals surface area contributed by atoms with Crippen LogP contribution in [0.3, 0.4) is 0 Å². The number of carboxylic acids is 1. The fraction of sp³-hybridized carbons (Fsp3) is 0.258. The van der Waals surface area contributed by atoms with E-state index < -0.39 is 5.97 Å². The van der Waals surface area contributed by atoms with Crippen LogP contribution in [0.1, 0.15) is 48.4 Å². The van der Waals surface area contributed by atoms with Gasteiger partial charge in [0.25, 0.3) is 5.91 Å². The second-order valence-electron chi connectivity index (χ2n) is 9.24. The van der Waals surface area contributed by atoms with Crippen molar-refractivity contribution in [3.8, 4) is 5.75 Å². The van der Waals surface area contributed by atoms with Gasteiger partial charge in [-0.05, 0) is 77.2 Å². The lowest BCUT2D eigenvalue weighted by atomic mass is 10.1. The van der Waals surface area contributed by atoms with Gasteiger partial charge in [0.1, 0.15) is 12.4 Å². The lowest BCUT2D eigenvalue weighted by molar-refractivity contribution is -0.136. The lowest BCUT2D eigenvalue weighted by Gasteiger charge is -2.08. The van der Waals surface area contributed by atoms with Gasteiger partial charge >= 0.3 is 5.97 Å². The zero-order valence-electron chi connectivity index (χ0n) is 21.7. The van der Waals surface area contributed by atoms with Gasteiger partial charge in [-0.15, -0.1) is 0 Å². The van der Waals surface area contributed by atoms with Gasteiger partial charge in [-0.2, -0.15) is 0 Å². The number of aliphatic imine (C=N–C) groups is 1. The Labute approximate surface area is 228 Å². The molecule has 0 radical (unpaired) electrons. The molecule has 0 aromatic heterocycles. The Morgan fingerprint density at radius 2 is 1.61 bits per heavy atom. The van der Waals surface area contributed by atoms with Crippen molar-refractivity contribution in [2.75, 3.05) is 7.05 Å². The minimum atomic E-state index is -0.877. The molecule has 1 aliphatic heterocycles. The number of likely N-dealkylation sites (N-methyl/N-ethyl adjacent to an activating group) is 1. The summed E-state index contributed by atoms with van der Waals surface area (Å²) in [6.45, 7) is 2.73. The minimum Gasteiger partial charge on any atom is -0.489 e. The second-order valence-corrected chi connectivity index (χ2v) is 10.2. The summed E-state index contributed by atoms with van der Waals surface area (Å²) >= 11 is 1.31. The molecule has 1 aliphatic rings. The quantitative estimate of drug-likeness (QED) is 0.217. The molecule has 3 aromatic rings. The fourth-order valence-electron chi connectivity index (χ4n) is 3.98. The smallest absolute Gasteiger partial charge is 0.307 e. The Hall–Kier alpha value is -3.84. The van der Waals surface area contributed by atoms with Crippen molar-refractivity contribution in [1.82, 2.24) is 4.90 Å². The summed E-state index contributed by atoms with van der Waals surface area (Å²) in [6.07, 6.45) is 6.67. The van der Waals surface area contributed by atoms with Gasteiger partial charge in [0.2, 0.25) is 0 Å². The van der Waals surface area contributed by atoms with Crippen molar-refractivity contribution in [3.63, 3.8) is 0 Å². The first-order valence-electron chi connectivity index (χ1n) is 12.8. The third-order valence-electron chi connectivity index (χ3n) is 6.20. The van der Waals surface area contributed by atoms with E-state index in [2.05, 4.69) is 36.2 Å². The number of benzene rings is 3. The van der Waals surface area contributed by atoms with E-state index in [4.69, 9.17) is 9.84 Å². The molecule has 1 fully saturated rings. The van der Waals surface area contributed by atoms with Crippen molar-refractivity contribution >= 4 is 40.6 Å². The van der Waals surface area contributed by atoms with Gasteiger partial charge in [0.05, 0.1) is 17.0 Å². The van der Waals surface area contributed by atoms with Crippen molar-refractivity contribution < 1.29 is 19.4 Å². The SMILES string of the molecule is CCCCCc1ccc(COc2ccc(C=C3SC(=Nc4ccc(CC(=O)O)cc4)N(C)C3=O)cc2)cc1. The summed E-state index contributed by atoms with van der Waals surface area (Å²) in [5.74, 6) is -0.220. The number of aryl methyl sites for hydroxylation is 1. The first-order chi connectivity index (χ1) is 18.4. The van der Waals surface area contributed by atoms with E-state index in [9.17, 15) is 9.59 Å². The van der Waals surface area contributed by atoms with E-state index in [1.807, 2.05) is 30.3 Å². The number of aliphatic carboxylic acids is 1. The van der Waals surface area contributed by atoms with Crippen molar-refractivity contribution in [1.29, 1.82) is 0 Å². The highest BCUT2D eigenvalue weighted by Crippen LogP contribution is 2.33. The summed E-state index contributed by atoms with van der Waals surface area (Å²) in [4.78, 5) is 30.3. The van der Waals surface area contributed by atoms with Crippen LogP contribution >= 0.6 is 11.8 Å². The van der Waals surface area contributed by atoms with Crippen LogP contribution in [0.5, 0.6) is 5.75 Å². The van der Waals surface area contributed by atoms with Gasteiger partial charge < -0.3 is 9.84 Å². The van der Waals surface area contributed by atoms with E-state index >= 15 is 0 Å². The van der Waals surface area contributed by atoms with E-state index in [0.717, 1.165) is 23.3 Å². The molecule has 1 saturated heterocycles. The molecule has 1 heterocycles. The van der Waals surface area contributed by atoms with Crippen LogP contribution in [0.2, 0.25) is 0 Å². The van der Waals surface area contributed by atoms with Crippen molar-refractivity contribution in [2.45, 2.75) is 45.6 Å². The second kappa shape index (κ2) is 13.1. The van der Waals surface area contributed by atoms with Crippen LogP contribution in [0.25, 0.3) is 6.08 Å². The molecular formula is C31H32N2O4S. The van der Waals surface area contributed by atoms with Gasteiger partial charge in [0.15, 0.2) is 5.17 Å². The maximum absolute atomic E-state index is 12.8. The normalized spacial score (nSPS) is 15.4. The number of nitrogens with zero attached hydrogens (tertiary/aromatic N) is 2. The van der Waals surface area contributed by atoms with Crippen LogP contribution in [0.15, 0.2) is 82.7 Å². The molecule has 0 unspecified atom stereocenters. The number of amidine groups is 1. The molecule has 6 nitrogen and oxygen atoms in total. The number of hydrogen-bond donors (Lipinski definition) is 1. The molecule has 4 rings (SSSR count). The highest BCUT2D eigenvalue weighted by atomic mass is 32.2. The van der Waals surface area contributed by atoms with E-state index in [1.165, 1.54) is 41.5 Å². The number of carbonyl (C=O) groups is 2. The molecule has 1 amide bonds. The molecule has 1 N–H and O–H groups in total. The lowest BCUT2D eigenvalue weighted by Crippen LogP contribution is -2.23. The Kier molecular flexibility index (Phi) is 9.38. The van der Waals surface area contributed by atoms with E-state index in [1.54, 1.807) is 31.3 Å². The van der Waals surface area contributed by atoms with Crippen LogP contribution < -0.4 is 4.74 Å². The standard InChI is InChI=1S/C31H32N2O4S/c1-3-4-5-6-22-7-9-25(10-8-22)21-37-27-17-13-23(14-18-27)19-28-30(36)33(2)31(38-28)32-26-15-11-24(12-16-26)20-29(34)35/h7-19H,3-6,20-21H2,1-2H3,(H,34,35). The number of carboxylic acid groups (broad SMARTS) is 1. The number of carbonyl (C=O) groups excluding carboxylic acids is 1. The van der Waals surface area contributed by atoms with E-state index in [0.29, 0.717) is 27.9 Å². The molecule has 0 atom stereocenters. The van der Waals surface area contributed by atoms with E-state index in [-0.39, 0.29) is 12.3 Å². The molecule has 0 bridgehead atoms. The van der Waals surface area contributed by atoms with Crippen LogP contribution in [0.4, 0.5) is 5.69 Å². The molecule has 7 heteroatoms. The fourth-order valence-corrected chi connectivity index (χ4v) is 4.97. The highest BCUT2D eigenvalue weighted by molar-refractivity contribution is 8.18. The summed E-state index contributed by atoms with van der Waals surface area (Å²) in [7, 11) is 1.70. The minimum absolute atomic E-state index is 0.0347. The van der Waals surface area contributed by atoms with Crippen LogP contribution in [0, 0.1) is 0 Å². The largest absolute Gasteiger partial charge is 0.489 e. The van der Waals surface area contributed by atoms with Crippen LogP contribution in [-0.4, -0.2) is 34.1 Å². The number of amides is 1. The topological polar surface area (TPSA) is 79.2 Å². The maximum Gasteiger partial charge on any atom is 0.307 e. The van der Waals surface area contributed by atoms with Gasteiger partial charge in [-0.25, -0.2) is 4.99 Å². The monoisotopic (exact) mass is 528 g/mol. The molecule has 3 aromatic carbocycles. The molecular weight excluding hydrogens is 496 g/mol. The Bertz CT molecular complexity index is 1310. The zero-order valence-corrected chi connectivity index (χ0v) is 22.5. The zero-order chi connectivity index (χ0) is 26.9. The number of unbranched alkanes of at least 4 members (excludes halogenated alkanes) is 2. The van der Waals surface area contributed by atoms with Crippen molar-refractivity contribution in [3.05, 3.63) is 100.0 Å². The highest BCUT2D eigenvalue weighted by Gasteiger charge is 2.30. The summed E-state index contributed by atoms with van der Waals surface area (Å²) < 4.78 is 5.95. The van der Waals surface area contributed by atoms with Gasteiger partial charge in [0, 0.05) is 7.05 Å². The number of hydrogen-bond acceptors (Lipinski definition) is 5. The molecule has 0 saturated carbocycles. The molecule has 38 heavy (non-hydrogen) atoms. The number of ether oxygens (including phenoxy) is 1. The Morgan fingerprint density at radius 3 is 2.26 bits per heavy atom. The Balaban J connectivity index is 1.34. The maximum atomic E-state index is 12.8. The van der Waals surface area contributed by atoms with Crippen LogP contribution in [-0.2, 0) is 29.0 Å². The number of thioether (sulfide) groups is 1. The van der Waals surface area contributed by atoms with Gasteiger partial charge in [-0.1, -0.05) is 68.3 Å². The predicted octanol–water partition coefficient (Wildman–Crippen LogP) is 6.86. The summed E-state index contributed by atoms with van der Waals surface area (Å²) in [5, 5.41) is 9.49. The average molecular weight is 529 g/mol. The number of rotatable bonds is 11. The third kappa shape index (κ3) is 7.59. The first kappa shape index (κ1) is 27.2. The molecule has 0 spiro atoms. The summed E-state index contributed by atoms with van der Waals surface area (Å²) in [5.41, 5.74) is 4.77.